The van der Waals surface area contributed by atoms with Crippen molar-refractivity contribution in [1.82, 2.24) is 5.32 Å². The van der Waals surface area contributed by atoms with Crippen molar-refractivity contribution in [3.63, 3.8) is 0 Å². The van der Waals surface area contributed by atoms with Crippen molar-refractivity contribution in [1.29, 1.82) is 0 Å². The van der Waals surface area contributed by atoms with E-state index < -0.39 is 11.8 Å². The van der Waals surface area contributed by atoms with Gasteiger partial charge in [0.1, 0.15) is 0 Å². The number of methoxy groups -OCH3 is 1. The van der Waals surface area contributed by atoms with E-state index in [1.165, 1.54) is 24.1 Å². The zero-order valence-electron chi connectivity index (χ0n) is 19.1. The monoisotopic (exact) mass is 448 g/mol. The zero-order chi connectivity index (χ0) is 23.7. The summed E-state index contributed by atoms with van der Waals surface area (Å²) in [7, 11) is 1.39. The molecule has 33 heavy (non-hydrogen) atoms. The van der Waals surface area contributed by atoms with Crippen molar-refractivity contribution in [2.24, 2.45) is 11.8 Å². The molecule has 7 nitrogen and oxygen atoms in total. The second-order valence-corrected chi connectivity index (χ2v) is 8.88. The summed E-state index contributed by atoms with van der Waals surface area (Å²) in [6, 6.07) is 10.2. The van der Waals surface area contributed by atoms with Crippen LogP contribution in [0.4, 0.5) is 5.69 Å². The minimum atomic E-state index is -0.434. The average Bonchev–Trinajstić information content (AvgIpc) is 3.08. The highest BCUT2D eigenvalue weighted by atomic mass is 16.5. The number of carbonyl (C=O) groups is 4. The summed E-state index contributed by atoms with van der Waals surface area (Å²) in [5.41, 5.74) is 3.14. The van der Waals surface area contributed by atoms with Crippen LogP contribution in [0.1, 0.15) is 67.9 Å². The molecule has 2 atom stereocenters. The third-order valence-corrected chi connectivity index (χ3v) is 6.69. The highest BCUT2D eigenvalue weighted by molar-refractivity contribution is 6.35. The van der Waals surface area contributed by atoms with Crippen LogP contribution in [-0.4, -0.2) is 37.3 Å². The molecule has 0 saturated heterocycles. The first-order valence-electron chi connectivity index (χ1n) is 11.3. The molecule has 172 valence electrons. The van der Waals surface area contributed by atoms with Gasteiger partial charge in [0.2, 0.25) is 0 Å². The molecule has 7 heteroatoms. The summed E-state index contributed by atoms with van der Waals surface area (Å²) in [6.45, 7) is 4.11. The van der Waals surface area contributed by atoms with Crippen molar-refractivity contribution in [3.8, 4) is 0 Å². The van der Waals surface area contributed by atoms with Crippen LogP contribution in [0.3, 0.4) is 0 Å². The average molecular weight is 449 g/mol. The molecule has 0 aromatic heterocycles. The first kappa shape index (κ1) is 22.7. The second kappa shape index (κ2) is 9.17. The highest BCUT2D eigenvalue weighted by Gasteiger charge is 2.38. The summed E-state index contributed by atoms with van der Waals surface area (Å²) < 4.78 is 4.92. The molecule has 0 bridgehead atoms. The molecule has 0 radical (unpaired) electrons. The SMILES string of the molecule is COC(=O)C1CCCCC1CNC(=O)c1ccc2c(c1)C(=O)N(c1cc(C)ccc1C)C2=O. The fourth-order valence-electron chi connectivity index (χ4n) is 4.80. The van der Waals surface area contributed by atoms with Crippen LogP contribution in [0.25, 0.3) is 0 Å². The molecule has 2 aliphatic rings. The van der Waals surface area contributed by atoms with Gasteiger partial charge in [-0.25, -0.2) is 4.90 Å². The van der Waals surface area contributed by atoms with E-state index in [1.807, 2.05) is 32.0 Å². The van der Waals surface area contributed by atoms with E-state index in [1.54, 1.807) is 6.07 Å². The number of hydrogen-bond donors (Lipinski definition) is 1. The molecule has 2 aromatic rings. The van der Waals surface area contributed by atoms with E-state index in [-0.39, 0.29) is 34.8 Å². The van der Waals surface area contributed by atoms with Gasteiger partial charge in [-0.3, -0.25) is 19.2 Å². The third-order valence-electron chi connectivity index (χ3n) is 6.69. The minimum Gasteiger partial charge on any atom is -0.469 e. The second-order valence-electron chi connectivity index (χ2n) is 8.88. The van der Waals surface area contributed by atoms with Gasteiger partial charge < -0.3 is 10.1 Å². The van der Waals surface area contributed by atoms with Crippen molar-refractivity contribution in [3.05, 3.63) is 64.2 Å². The lowest BCUT2D eigenvalue weighted by atomic mass is 9.79. The number of nitrogens with one attached hydrogen (secondary N) is 1. The molecular weight excluding hydrogens is 420 g/mol. The molecular formula is C26H28N2O5. The fourth-order valence-corrected chi connectivity index (χ4v) is 4.80. The Morgan fingerprint density at radius 1 is 1.00 bits per heavy atom. The van der Waals surface area contributed by atoms with Gasteiger partial charge in [0.25, 0.3) is 17.7 Å². The number of nitrogens with zero attached hydrogens (tertiary/aromatic N) is 1. The molecule has 1 heterocycles. The van der Waals surface area contributed by atoms with Crippen LogP contribution >= 0.6 is 0 Å². The van der Waals surface area contributed by atoms with Crippen LogP contribution in [0, 0.1) is 25.7 Å². The Bertz CT molecular complexity index is 1140. The summed E-state index contributed by atoms with van der Waals surface area (Å²) in [6.07, 6.45) is 3.60. The van der Waals surface area contributed by atoms with Gasteiger partial charge in [-0.05, 0) is 68.0 Å². The Morgan fingerprint density at radius 2 is 1.73 bits per heavy atom. The van der Waals surface area contributed by atoms with Gasteiger partial charge in [-0.15, -0.1) is 0 Å². The number of ether oxygens (including phenoxy) is 1. The summed E-state index contributed by atoms with van der Waals surface area (Å²) >= 11 is 0. The molecule has 1 saturated carbocycles. The molecule has 1 aliphatic carbocycles. The van der Waals surface area contributed by atoms with Gasteiger partial charge in [0.05, 0.1) is 29.8 Å². The minimum absolute atomic E-state index is 0.0209. The lowest BCUT2D eigenvalue weighted by Gasteiger charge is -2.29. The van der Waals surface area contributed by atoms with Gasteiger partial charge in [0.15, 0.2) is 0 Å². The first-order valence-corrected chi connectivity index (χ1v) is 11.3. The Morgan fingerprint density at radius 3 is 2.48 bits per heavy atom. The largest absolute Gasteiger partial charge is 0.469 e. The van der Waals surface area contributed by atoms with Gasteiger partial charge in [-0.1, -0.05) is 25.0 Å². The smallest absolute Gasteiger partial charge is 0.309 e. The Balaban J connectivity index is 1.51. The molecule has 2 unspecified atom stereocenters. The molecule has 1 N–H and O–H groups in total. The maximum absolute atomic E-state index is 13.1. The van der Waals surface area contributed by atoms with Crippen molar-refractivity contribution < 1.29 is 23.9 Å². The van der Waals surface area contributed by atoms with Gasteiger partial charge >= 0.3 is 5.97 Å². The molecule has 1 fully saturated rings. The number of rotatable bonds is 5. The number of aryl methyl sites for hydroxylation is 2. The van der Waals surface area contributed by atoms with Gasteiger partial charge in [0, 0.05) is 12.1 Å². The number of imide groups is 1. The van der Waals surface area contributed by atoms with Crippen LogP contribution in [-0.2, 0) is 9.53 Å². The number of hydrogen-bond acceptors (Lipinski definition) is 5. The summed E-state index contributed by atoms with van der Waals surface area (Å²) in [4.78, 5) is 52.2. The summed E-state index contributed by atoms with van der Waals surface area (Å²) in [5.74, 6) is -1.59. The Kier molecular flexibility index (Phi) is 6.31. The van der Waals surface area contributed by atoms with Crippen LogP contribution in [0.15, 0.2) is 36.4 Å². The molecule has 2 aromatic carbocycles. The predicted molar refractivity (Wildman–Crippen MR) is 123 cm³/mol. The number of carbonyl (C=O) groups excluding carboxylic acids is 4. The fraction of sp³-hybridized carbons (Fsp3) is 0.385. The number of benzene rings is 2. The quantitative estimate of drug-likeness (QED) is 0.555. The molecule has 1 aliphatic heterocycles. The lowest BCUT2D eigenvalue weighted by Crippen LogP contribution is -2.37. The molecule has 0 spiro atoms. The van der Waals surface area contributed by atoms with E-state index >= 15 is 0 Å². The number of esters is 1. The normalized spacial score (nSPS) is 19.9. The molecule has 3 amide bonds. The van der Waals surface area contributed by atoms with Crippen molar-refractivity contribution in [2.45, 2.75) is 39.5 Å². The standard InChI is InChI=1S/C26H28N2O5/c1-15-8-9-16(2)22(12-15)28-24(30)20-11-10-17(13-21(20)25(28)31)23(29)27-14-18-6-4-5-7-19(18)26(32)33-3/h8-13,18-19H,4-7,14H2,1-3H3,(H,27,29). The predicted octanol–water partition coefficient (Wildman–Crippen LogP) is 3.81. The van der Waals surface area contributed by atoms with Crippen LogP contribution in [0.5, 0.6) is 0 Å². The topological polar surface area (TPSA) is 92.8 Å². The van der Waals surface area contributed by atoms with E-state index in [4.69, 9.17) is 4.74 Å². The highest BCUT2D eigenvalue weighted by Crippen LogP contribution is 2.32. The van der Waals surface area contributed by atoms with E-state index in [9.17, 15) is 19.2 Å². The van der Waals surface area contributed by atoms with E-state index in [0.717, 1.165) is 36.8 Å². The number of fused-ring (bicyclic) bond motifs is 1. The van der Waals surface area contributed by atoms with Crippen molar-refractivity contribution >= 4 is 29.4 Å². The number of anilines is 1. The van der Waals surface area contributed by atoms with Gasteiger partial charge in [-0.2, -0.15) is 0 Å². The van der Waals surface area contributed by atoms with Crippen molar-refractivity contribution in [2.75, 3.05) is 18.6 Å². The third kappa shape index (κ3) is 4.27. The summed E-state index contributed by atoms with van der Waals surface area (Å²) in [5, 5.41) is 2.90. The van der Waals surface area contributed by atoms with Crippen LogP contribution in [0.2, 0.25) is 0 Å². The molecule has 4 rings (SSSR count). The van der Waals surface area contributed by atoms with Crippen LogP contribution < -0.4 is 10.2 Å². The maximum atomic E-state index is 13.1. The maximum Gasteiger partial charge on any atom is 0.309 e. The first-order chi connectivity index (χ1) is 15.8. The Labute approximate surface area is 193 Å². The zero-order valence-corrected chi connectivity index (χ0v) is 19.1. The number of amides is 3. The Hall–Kier alpha value is -3.48. The van der Waals surface area contributed by atoms with E-state index in [0.29, 0.717) is 17.8 Å². The van der Waals surface area contributed by atoms with E-state index in [2.05, 4.69) is 5.32 Å². The lowest BCUT2D eigenvalue weighted by molar-refractivity contribution is -0.148.